The van der Waals surface area contributed by atoms with Gasteiger partial charge in [-0.1, -0.05) is 6.07 Å². The van der Waals surface area contributed by atoms with Crippen LogP contribution in [0, 0.1) is 0 Å². The molecular formula is C20H26N4O2. The van der Waals surface area contributed by atoms with Crippen LogP contribution in [0.25, 0.3) is 11.0 Å². The lowest BCUT2D eigenvalue weighted by molar-refractivity contribution is 0.0232. The van der Waals surface area contributed by atoms with E-state index in [4.69, 9.17) is 4.98 Å². The Balaban J connectivity index is 1.59. The predicted octanol–water partition coefficient (Wildman–Crippen LogP) is 3.64. The summed E-state index contributed by atoms with van der Waals surface area (Å²) in [5.41, 5.74) is 4.22. The SMILES string of the molecule is CC(c1ccc2ncc(C3CC3)nc2c1)N1C[C@H](C)N(C(=O)O)C[C@H]1C. The summed E-state index contributed by atoms with van der Waals surface area (Å²) in [4.78, 5) is 24.7. The number of amides is 1. The monoisotopic (exact) mass is 354 g/mol. The molecule has 6 heteroatoms. The van der Waals surface area contributed by atoms with E-state index in [0.717, 1.165) is 23.3 Å². The number of hydrogen-bond acceptors (Lipinski definition) is 4. The van der Waals surface area contributed by atoms with Crippen LogP contribution in [-0.4, -0.2) is 56.1 Å². The average Bonchev–Trinajstić information content (AvgIpc) is 3.46. The van der Waals surface area contributed by atoms with E-state index in [1.807, 2.05) is 19.2 Å². The quantitative estimate of drug-likeness (QED) is 0.911. The summed E-state index contributed by atoms with van der Waals surface area (Å²) >= 11 is 0. The number of nitrogens with zero attached hydrogens (tertiary/aromatic N) is 4. The molecule has 2 aliphatic rings. The van der Waals surface area contributed by atoms with Crippen molar-refractivity contribution in [2.75, 3.05) is 13.1 Å². The fourth-order valence-corrected chi connectivity index (χ4v) is 4.03. The summed E-state index contributed by atoms with van der Waals surface area (Å²) in [6, 6.07) is 6.70. The zero-order chi connectivity index (χ0) is 18.4. The molecule has 1 aromatic heterocycles. The first-order valence-electron chi connectivity index (χ1n) is 9.46. The van der Waals surface area contributed by atoms with Gasteiger partial charge < -0.3 is 10.0 Å². The number of rotatable bonds is 3. The first kappa shape index (κ1) is 17.2. The molecule has 2 fully saturated rings. The molecule has 2 aromatic rings. The summed E-state index contributed by atoms with van der Waals surface area (Å²) in [5.74, 6) is 0.595. The van der Waals surface area contributed by atoms with Gasteiger partial charge in [0.1, 0.15) is 0 Å². The van der Waals surface area contributed by atoms with Crippen LogP contribution in [0.15, 0.2) is 24.4 Å². The zero-order valence-corrected chi connectivity index (χ0v) is 15.6. The second-order valence-electron chi connectivity index (χ2n) is 7.82. The van der Waals surface area contributed by atoms with Gasteiger partial charge in [0.25, 0.3) is 0 Å². The van der Waals surface area contributed by atoms with Gasteiger partial charge >= 0.3 is 6.09 Å². The molecule has 0 bridgehead atoms. The van der Waals surface area contributed by atoms with Crippen LogP contribution >= 0.6 is 0 Å². The normalized spacial score (nSPS) is 25.4. The Morgan fingerprint density at radius 3 is 2.65 bits per heavy atom. The molecule has 2 heterocycles. The van der Waals surface area contributed by atoms with Gasteiger partial charge in [-0.05, 0) is 51.3 Å². The van der Waals surface area contributed by atoms with E-state index < -0.39 is 6.09 Å². The standard InChI is InChI=1S/C20H26N4O2/c1-12-11-24(20(25)26)13(2)10-23(12)14(3)16-6-7-17-18(8-16)22-19(9-21-17)15-4-5-15/h6-9,12-15H,4-5,10-11H2,1-3H3,(H,25,26)/t12-,13+,14?/m1/s1. The lowest BCUT2D eigenvalue weighted by atomic mass is 10.0. The second kappa shape index (κ2) is 6.50. The Labute approximate surface area is 153 Å². The van der Waals surface area contributed by atoms with E-state index in [9.17, 15) is 9.90 Å². The Morgan fingerprint density at radius 1 is 1.19 bits per heavy atom. The van der Waals surface area contributed by atoms with Crippen molar-refractivity contribution < 1.29 is 9.90 Å². The van der Waals surface area contributed by atoms with Crippen molar-refractivity contribution in [2.24, 2.45) is 0 Å². The predicted molar refractivity (Wildman–Crippen MR) is 100 cm³/mol. The molecule has 0 radical (unpaired) electrons. The van der Waals surface area contributed by atoms with E-state index >= 15 is 0 Å². The van der Waals surface area contributed by atoms with E-state index in [2.05, 4.69) is 35.9 Å². The number of fused-ring (bicyclic) bond motifs is 1. The molecule has 1 aromatic carbocycles. The summed E-state index contributed by atoms with van der Waals surface area (Å²) in [7, 11) is 0. The van der Waals surface area contributed by atoms with Crippen LogP contribution in [0.5, 0.6) is 0 Å². The summed E-state index contributed by atoms with van der Waals surface area (Å²) in [5, 5.41) is 9.35. The number of piperazine rings is 1. The van der Waals surface area contributed by atoms with Gasteiger partial charge in [-0.25, -0.2) is 9.78 Å². The highest BCUT2D eigenvalue weighted by Crippen LogP contribution is 2.39. The van der Waals surface area contributed by atoms with Gasteiger partial charge in [-0.15, -0.1) is 0 Å². The van der Waals surface area contributed by atoms with Gasteiger partial charge in [0, 0.05) is 43.3 Å². The van der Waals surface area contributed by atoms with Gasteiger partial charge in [0.15, 0.2) is 0 Å². The van der Waals surface area contributed by atoms with Crippen LogP contribution < -0.4 is 0 Å². The average molecular weight is 354 g/mol. The highest BCUT2D eigenvalue weighted by molar-refractivity contribution is 5.75. The van der Waals surface area contributed by atoms with Crippen molar-refractivity contribution in [3.05, 3.63) is 35.7 Å². The summed E-state index contributed by atoms with van der Waals surface area (Å²) < 4.78 is 0. The molecule has 3 atom stereocenters. The molecule has 1 aliphatic carbocycles. The summed E-state index contributed by atoms with van der Waals surface area (Å²) in [6.45, 7) is 7.55. The molecule has 1 aliphatic heterocycles. The molecule has 6 nitrogen and oxygen atoms in total. The van der Waals surface area contributed by atoms with Gasteiger partial charge in [0.05, 0.1) is 16.7 Å². The minimum absolute atomic E-state index is 0.00660. The Hall–Kier alpha value is -2.21. The minimum atomic E-state index is -0.828. The van der Waals surface area contributed by atoms with Crippen molar-refractivity contribution in [3.63, 3.8) is 0 Å². The van der Waals surface area contributed by atoms with Crippen molar-refractivity contribution in [3.8, 4) is 0 Å². The number of benzene rings is 1. The maximum atomic E-state index is 11.4. The third-order valence-corrected chi connectivity index (χ3v) is 5.84. The molecular weight excluding hydrogens is 328 g/mol. The van der Waals surface area contributed by atoms with Gasteiger partial charge in [-0.2, -0.15) is 0 Å². The molecule has 26 heavy (non-hydrogen) atoms. The molecule has 138 valence electrons. The van der Waals surface area contributed by atoms with Gasteiger partial charge in [-0.3, -0.25) is 9.88 Å². The van der Waals surface area contributed by atoms with E-state index in [1.165, 1.54) is 18.4 Å². The number of carboxylic acid groups (broad SMARTS) is 1. The molecule has 0 spiro atoms. The number of hydrogen-bond donors (Lipinski definition) is 1. The number of aromatic nitrogens is 2. The van der Waals surface area contributed by atoms with Gasteiger partial charge in [0.2, 0.25) is 0 Å². The van der Waals surface area contributed by atoms with Crippen LogP contribution in [-0.2, 0) is 0 Å². The zero-order valence-electron chi connectivity index (χ0n) is 15.6. The highest BCUT2D eigenvalue weighted by atomic mass is 16.4. The fraction of sp³-hybridized carbons (Fsp3) is 0.550. The lowest BCUT2D eigenvalue weighted by Gasteiger charge is -2.45. The second-order valence-corrected chi connectivity index (χ2v) is 7.82. The van der Waals surface area contributed by atoms with Crippen molar-refractivity contribution in [2.45, 2.75) is 57.7 Å². The van der Waals surface area contributed by atoms with Crippen LogP contribution in [0.2, 0.25) is 0 Å². The first-order chi connectivity index (χ1) is 12.4. The molecule has 1 saturated heterocycles. The summed E-state index contributed by atoms with van der Waals surface area (Å²) in [6.07, 6.45) is 3.53. The maximum absolute atomic E-state index is 11.4. The van der Waals surface area contributed by atoms with Crippen LogP contribution in [0.3, 0.4) is 0 Å². The van der Waals surface area contributed by atoms with E-state index in [-0.39, 0.29) is 18.1 Å². The molecule has 1 amide bonds. The van der Waals surface area contributed by atoms with Crippen molar-refractivity contribution in [1.82, 2.24) is 19.8 Å². The Morgan fingerprint density at radius 2 is 1.96 bits per heavy atom. The minimum Gasteiger partial charge on any atom is -0.465 e. The van der Waals surface area contributed by atoms with Crippen LogP contribution in [0.1, 0.15) is 56.8 Å². The fourth-order valence-electron chi connectivity index (χ4n) is 4.03. The lowest BCUT2D eigenvalue weighted by Crippen LogP contribution is -2.58. The Bertz CT molecular complexity index is 836. The van der Waals surface area contributed by atoms with E-state index in [0.29, 0.717) is 12.5 Å². The smallest absolute Gasteiger partial charge is 0.407 e. The topological polar surface area (TPSA) is 69.6 Å². The first-order valence-corrected chi connectivity index (χ1v) is 9.46. The Kier molecular flexibility index (Phi) is 4.31. The molecule has 1 saturated carbocycles. The number of carbonyl (C=O) groups is 1. The molecule has 1 unspecified atom stereocenters. The molecule has 4 rings (SSSR count). The molecule has 1 N–H and O–H groups in total. The third kappa shape index (κ3) is 3.14. The van der Waals surface area contributed by atoms with Crippen molar-refractivity contribution >= 4 is 17.1 Å². The highest BCUT2D eigenvalue weighted by Gasteiger charge is 2.34. The maximum Gasteiger partial charge on any atom is 0.407 e. The van der Waals surface area contributed by atoms with Crippen LogP contribution in [0.4, 0.5) is 4.79 Å². The van der Waals surface area contributed by atoms with Crippen molar-refractivity contribution in [1.29, 1.82) is 0 Å². The third-order valence-electron chi connectivity index (χ3n) is 5.84. The largest absolute Gasteiger partial charge is 0.465 e. The van der Waals surface area contributed by atoms with E-state index in [1.54, 1.807) is 4.90 Å².